The summed E-state index contributed by atoms with van der Waals surface area (Å²) < 4.78 is 2.27. The minimum atomic E-state index is 0.876. The monoisotopic (exact) mass is 374 g/mol. The van der Waals surface area contributed by atoms with Crippen molar-refractivity contribution in [2.75, 3.05) is 0 Å². The first kappa shape index (κ1) is 13.2. The van der Waals surface area contributed by atoms with E-state index < -0.39 is 0 Å². The second-order valence-corrected chi connectivity index (χ2v) is 7.05. The van der Waals surface area contributed by atoms with Crippen molar-refractivity contribution >= 4 is 43.2 Å². The maximum atomic E-state index is 4.09. The molecule has 0 radical (unpaired) electrons. The lowest BCUT2D eigenvalue weighted by Gasteiger charge is -2.05. The van der Waals surface area contributed by atoms with E-state index in [2.05, 4.69) is 61.2 Å². The molecule has 1 N–H and O–H groups in total. The fourth-order valence-corrected chi connectivity index (χ4v) is 3.65. The van der Waals surface area contributed by atoms with Crippen LogP contribution < -0.4 is 5.32 Å². The molecule has 2 aromatic rings. The van der Waals surface area contributed by atoms with Crippen LogP contribution in [-0.4, -0.2) is 4.98 Å². The Morgan fingerprint density at radius 1 is 1.35 bits per heavy atom. The summed E-state index contributed by atoms with van der Waals surface area (Å²) in [7, 11) is 0. The Bertz CT molecular complexity index is 491. The van der Waals surface area contributed by atoms with Gasteiger partial charge >= 0.3 is 0 Å². The number of hydrogen-bond donors (Lipinski definition) is 1. The van der Waals surface area contributed by atoms with Gasteiger partial charge in [-0.1, -0.05) is 0 Å². The van der Waals surface area contributed by atoms with Gasteiger partial charge in [0.05, 0.1) is 3.79 Å². The van der Waals surface area contributed by atoms with E-state index in [0.29, 0.717) is 0 Å². The molecular formula is C12H12Br2N2S. The average Bonchev–Trinajstić information content (AvgIpc) is 2.61. The Hall–Kier alpha value is -0.230. The van der Waals surface area contributed by atoms with Gasteiger partial charge in [-0.3, -0.25) is 4.98 Å². The molecule has 0 aromatic carbocycles. The summed E-state index contributed by atoms with van der Waals surface area (Å²) in [5.74, 6) is 0. The van der Waals surface area contributed by atoms with Crippen LogP contribution in [-0.2, 0) is 13.1 Å². The zero-order chi connectivity index (χ0) is 12.3. The fourth-order valence-electron chi connectivity index (χ4n) is 1.50. The van der Waals surface area contributed by atoms with Gasteiger partial charge in [0.15, 0.2) is 0 Å². The van der Waals surface area contributed by atoms with Crippen LogP contribution in [0.1, 0.15) is 16.0 Å². The molecule has 0 fully saturated rings. The third kappa shape index (κ3) is 3.61. The number of aryl methyl sites for hydroxylation is 1. The van der Waals surface area contributed by atoms with Gasteiger partial charge in [-0.25, -0.2) is 0 Å². The number of nitrogens with one attached hydrogen (secondary N) is 1. The average molecular weight is 376 g/mol. The first-order chi connectivity index (χ1) is 8.16. The SMILES string of the molecule is Cc1cnccc1CNCc1cc(Br)c(Br)s1. The van der Waals surface area contributed by atoms with Gasteiger partial charge in [-0.2, -0.15) is 0 Å². The van der Waals surface area contributed by atoms with Crippen LogP contribution in [0.3, 0.4) is 0 Å². The number of rotatable bonds is 4. The van der Waals surface area contributed by atoms with Crippen LogP contribution in [0, 0.1) is 6.92 Å². The van der Waals surface area contributed by atoms with Gasteiger partial charge in [-0.05, 0) is 62.0 Å². The van der Waals surface area contributed by atoms with E-state index in [-0.39, 0.29) is 0 Å². The first-order valence-corrected chi connectivity index (χ1v) is 7.61. The summed E-state index contributed by atoms with van der Waals surface area (Å²) in [6, 6.07) is 4.20. The topological polar surface area (TPSA) is 24.9 Å². The quantitative estimate of drug-likeness (QED) is 0.863. The standard InChI is InChI=1S/C12H12Br2N2S/c1-8-5-15-3-2-9(8)6-16-7-10-4-11(13)12(14)17-10/h2-5,16H,6-7H2,1H3. The zero-order valence-corrected chi connectivity index (χ0v) is 13.3. The van der Waals surface area contributed by atoms with Crippen molar-refractivity contribution in [3.8, 4) is 0 Å². The molecule has 2 rings (SSSR count). The summed E-state index contributed by atoms with van der Waals surface area (Å²) in [5, 5.41) is 3.44. The number of pyridine rings is 1. The highest BCUT2D eigenvalue weighted by molar-refractivity contribution is 9.13. The van der Waals surface area contributed by atoms with Crippen molar-refractivity contribution in [2.45, 2.75) is 20.0 Å². The molecule has 0 saturated heterocycles. The third-order valence-corrected chi connectivity index (χ3v) is 5.70. The number of halogens is 2. The Labute approximate surface area is 122 Å². The van der Waals surface area contributed by atoms with Crippen molar-refractivity contribution in [3.63, 3.8) is 0 Å². The predicted octanol–water partition coefficient (Wildman–Crippen LogP) is 4.27. The lowest BCUT2D eigenvalue weighted by atomic mass is 10.1. The molecule has 0 bridgehead atoms. The van der Waals surface area contributed by atoms with Crippen molar-refractivity contribution < 1.29 is 0 Å². The van der Waals surface area contributed by atoms with E-state index >= 15 is 0 Å². The number of nitrogens with zero attached hydrogens (tertiary/aromatic N) is 1. The number of aromatic nitrogens is 1. The molecule has 90 valence electrons. The van der Waals surface area contributed by atoms with E-state index in [4.69, 9.17) is 0 Å². The van der Waals surface area contributed by atoms with Gasteiger partial charge in [0.25, 0.3) is 0 Å². The van der Waals surface area contributed by atoms with E-state index in [0.717, 1.165) is 21.3 Å². The minimum absolute atomic E-state index is 0.876. The summed E-state index contributed by atoms with van der Waals surface area (Å²) in [6.45, 7) is 3.85. The first-order valence-electron chi connectivity index (χ1n) is 5.20. The Morgan fingerprint density at radius 2 is 2.18 bits per heavy atom. The largest absolute Gasteiger partial charge is 0.308 e. The molecule has 2 heterocycles. The number of hydrogen-bond acceptors (Lipinski definition) is 3. The van der Waals surface area contributed by atoms with Crippen LogP contribution in [0.15, 0.2) is 32.8 Å². The Morgan fingerprint density at radius 3 is 2.82 bits per heavy atom. The summed E-state index contributed by atoms with van der Waals surface area (Å²) in [6.07, 6.45) is 3.73. The summed E-state index contributed by atoms with van der Waals surface area (Å²) >= 11 is 8.74. The molecule has 5 heteroatoms. The molecule has 0 aliphatic carbocycles. The normalized spacial score (nSPS) is 10.8. The van der Waals surface area contributed by atoms with Crippen LogP contribution in [0.2, 0.25) is 0 Å². The lowest BCUT2D eigenvalue weighted by molar-refractivity contribution is 0.697. The second-order valence-electron chi connectivity index (χ2n) is 3.74. The van der Waals surface area contributed by atoms with Crippen LogP contribution in [0.5, 0.6) is 0 Å². The van der Waals surface area contributed by atoms with Gasteiger partial charge in [0, 0.05) is 34.8 Å². The highest BCUT2D eigenvalue weighted by Gasteiger charge is 2.04. The highest BCUT2D eigenvalue weighted by atomic mass is 79.9. The Balaban J connectivity index is 1.90. The maximum absolute atomic E-state index is 4.09. The molecule has 0 atom stereocenters. The highest BCUT2D eigenvalue weighted by Crippen LogP contribution is 2.32. The van der Waals surface area contributed by atoms with Gasteiger partial charge in [0.2, 0.25) is 0 Å². The second kappa shape index (κ2) is 6.09. The molecule has 2 nitrogen and oxygen atoms in total. The minimum Gasteiger partial charge on any atom is -0.308 e. The molecule has 0 spiro atoms. The molecule has 0 saturated carbocycles. The van der Waals surface area contributed by atoms with Crippen molar-refractivity contribution in [1.29, 1.82) is 0 Å². The van der Waals surface area contributed by atoms with Gasteiger partial charge in [-0.15, -0.1) is 11.3 Å². The molecule has 0 unspecified atom stereocenters. The van der Waals surface area contributed by atoms with Crippen molar-refractivity contribution in [1.82, 2.24) is 10.3 Å². The molecule has 17 heavy (non-hydrogen) atoms. The molecule has 0 amide bonds. The van der Waals surface area contributed by atoms with E-state index in [1.54, 1.807) is 11.3 Å². The molecule has 0 aliphatic rings. The van der Waals surface area contributed by atoms with Crippen LogP contribution >= 0.6 is 43.2 Å². The van der Waals surface area contributed by atoms with E-state index in [1.807, 2.05) is 12.4 Å². The number of thiophene rings is 1. The van der Waals surface area contributed by atoms with Crippen molar-refractivity contribution in [2.24, 2.45) is 0 Å². The maximum Gasteiger partial charge on any atom is 0.0843 e. The van der Waals surface area contributed by atoms with Crippen molar-refractivity contribution in [3.05, 3.63) is 48.8 Å². The van der Waals surface area contributed by atoms with Gasteiger partial charge in [0.1, 0.15) is 0 Å². The van der Waals surface area contributed by atoms with E-state index in [1.165, 1.54) is 16.0 Å². The smallest absolute Gasteiger partial charge is 0.0843 e. The predicted molar refractivity (Wildman–Crippen MR) is 79.2 cm³/mol. The van der Waals surface area contributed by atoms with Gasteiger partial charge < -0.3 is 5.32 Å². The van der Waals surface area contributed by atoms with Crippen LogP contribution in [0.25, 0.3) is 0 Å². The fraction of sp³-hybridized carbons (Fsp3) is 0.250. The zero-order valence-electron chi connectivity index (χ0n) is 9.34. The van der Waals surface area contributed by atoms with E-state index in [9.17, 15) is 0 Å². The summed E-state index contributed by atoms with van der Waals surface area (Å²) in [4.78, 5) is 5.40. The lowest BCUT2D eigenvalue weighted by Crippen LogP contribution is -2.12. The third-order valence-electron chi connectivity index (χ3n) is 2.45. The Kier molecular flexibility index (Phi) is 4.73. The summed E-state index contributed by atoms with van der Waals surface area (Å²) in [5.41, 5.74) is 2.53. The molecule has 0 aliphatic heterocycles. The van der Waals surface area contributed by atoms with Crippen LogP contribution in [0.4, 0.5) is 0 Å². The molecule has 2 aromatic heterocycles. The molecular weight excluding hydrogens is 364 g/mol.